The Morgan fingerprint density at radius 2 is 1.80 bits per heavy atom. The molecule has 2 N–H and O–H groups in total. The Morgan fingerprint density at radius 1 is 1.12 bits per heavy atom. The Hall–Kier alpha value is -3.19. The normalized spacial score (nSPS) is 13.4. The van der Waals surface area contributed by atoms with Crippen molar-refractivity contribution in [3.63, 3.8) is 0 Å². The van der Waals surface area contributed by atoms with Crippen LogP contribution in [0.15, 0.2) is 40.8 Å². The quantitative estimate of drug-likeness (QED) is 0.315. The number of rotatable bonds is 5. The first kappa shape index (κ1) is 16.7. The number of hydrogen-bond donors (Lipinski definition) is 2. The summed E-state index contributed by atoms with van der Waals surface area (Å²) in [6, 6.07) is 7.57. The molecule has 0 spiro atoms. The molecule has 0 atom stereocenters. The molecule has 7 nitrogen and oxygen atoms in total. The molecule has 1 aliphatic carbocycles. The van der Waals surface area contributed by atoms with Crippen LogP contribution in [0.1, 0.15) is 44.2 Å². The molecule has 1 aromatic carbocycles. The number of aliphatic hydroxyl groups is 2. The number of aliphatic hydroxyl groups excluding tert-OH is 2. The van der Waals surface area contributed by atoms with Gasteiger partial charge < -0.3 is 19.4 Å². The van der Waals surface area contributed by atoms with E-state index in [4.69, 9.17) is 14.3 Å². The van der Waals surface area contributed by atoms with Crippen LogP contribution in [-0.2, 0) is 9.53 Å². The van der Waals surface area contributed by atoms with Crippen molar-refractivity contribution in [2.24, 2.45) is 0 Å². The van der Waals surface area contributed by atoms with E-state index in [0.717, 1.165) is 6.08 Å². The van der Waals surface area contributed by atoms with Gasteiger partial charge in [-0.15, -0.1) is 0 Å². The number of carbonyl (C=O) groups excluding carboxylic acids is 3. The number of fused-ring (bicyclic) bond motifs is 2. The molecule has 0 amide bonds. The summed E-state index contributed by atoms with van der Waals surface area (Å²) in [5, 5.41) is 18.6. The fourth-order valence-corrected chi connectivity index (χ4v) is 2.46. The van der Waals surface area contributed by atoms with Crippen LogP contribution in [0.3, 0.4) is 0 Å². The Kier molecular flexibility index (Phi) is 4.49. The standard InChI is InChI=1S/C18H14O7/c19-6-3-7-24-15(21)9-13(20)14-8-12-16(22)10-4-1-2-5-11(10)17(23)18(12)25-14/h1-2,4-5,8-9,19-20H,3,6-7H2/b13-9-. The molecule has 0 aliphatic heterocycles. The molecule has 1 aliphatic rings. The monoisotopic (exact) mass is 342 g/mol. The second-order valence-electron chi connectivity index (χ2n) is 5.33. The van der Waals surface area contributed by atoms with Crippen molar-refractivity contribution in [1.82, 2.24) is 0 Å². The highest BCUT2D eigenvalue weighted by atomic mass is 16.5. The first-order valence-corrected chi connectivity index (χ1v) is 7.54. The predicted octanol–water partition coefficient (Wildman–Crippen LogP) is 1.88. The summed E-state index contributed by atoms with van der Waals surface area (Å²) in [4.78, 5) is 36.4. The van der Waals surface area contributed by atoms with E-state index >= 15 is 0 Å². The summed E-state index contributed by atoms with van der Waals surface area (Å²) in [5.74, 6) is -2.60. The predicted molar refractivity (Wildman–Crippen MR) is 85.3 cm³/mol. The molecular weight excluding hydrogens is 328 g/mol. The average Bonchev–Trinajstić information content (AvgIpc) is 3.06. The minimum atomic E-state index is -0.832. The van der Waals surface area contributed by atoms with Crippen LogP contribution in [-0.4, -0.2) is 41.0 Å². The van der Waals surface area contributed by atoms with Gasteiger partial charge in [0.05, 0.1) is 18.2 Å². The van der Waals surface area contributed by atoms with Crippen molar-refractivity contribution < 1.29 is 33.8 Å². The maximum Gasteiger partial charge on any atom is 0.334 e. The lowest BCUT2D eigenvalue weighted by Gasteiger charge is -2.11. The molecule has 0 radical (unpaired) electrons. The highest BCUT2D eigenvalue weighted by molar-refractivity contribution is 6.27. The number of hydrogen-bond acceptors (Lipinski definition) is 7. The molecule has 0 unspecified atom stereocenters. The summed E-state index contributed by atoms with van der Waals surface area (Å²) in [6.07, 6.45) is 1.06. The Morgan fingerprint density at radius 3 is 2.48 bits per heavy atom. The van der Waals surface area contributed by atoms with Crippen molar-refractivity contribution in [2.75, 3.05) is 13.2 Å². The van der Waals surface area contributed by atoms with Gasteiger partial charge >= 0.3 is 5.97 Å². The van der Waals surface area contributed by atoms with Crippen molar-refractivity contribution in [3.8, 4) is 0 Å². The van der Waals surface area contributed by atoms with Crippen molar-refractivity contribution >= 4 is 23.3 Å². The third-order valence-electron chi connectivity index (χ3n) is 3.65. The third kappa shape index (κ3) is 3.09. The van der Waals surface area contributed by atoms with Gasteiger partial charge in [-0.1, -0.05) is 24.3 Å². The molecule has 2 aromatic rings. The van der Waals surface area contributed by atoms with Gasteiger partial charge in [-0.25, -0.2) is 4.79 Å². The van der Waals surface area contributed by atoms with Crippen molar-refractivity contribution in [1.29, 1.82) is 0 Å². The highest BCUT2D eigenvalue weighted by Gasteiger charge is 2.33. The molecule has 0 bridgehead atoms. The lowest BCUT2D eigenvalue weighted by Crippen LogP contribution is -2.18. The number of carbonyl (C=O) groups is 3. The van der Waals surface area contributed by atoms with Crippen molar-refractivity contribution in [3.05, 3.63) is 64.6 Å². The van der Waals surface area contributed by atoms with Gasteiger partial charge in [0.2, 0.25) is 5.78 Å². The van der Waals surface area contributed by atoms with Crippen LogP contribution < -0.4 is 0 Å². The molecular formula is C18H14O7. The summed E-state index contributed by atoms with van der Waals surface area (Å²) in [7, 11) is 0. The van der Waals surface area contributed by atoms with E-state index < -0.39 is 23.3 Å². The molecule has 7 heteroatoms. The zero-order valence-corrected chi connectivity index (χ0v) is 13.0. The zero-order chi connectivity index (χ0) is 18.0. The Bertz CT molecular complexity index is 836. The second-order valence-corrected chi connectivity index (χ2v) is 5.33. The Balaban J connectivity index is 1.89. The molecule has 25 heavy (non-hydrogen) atoms. The first-order chi connectivity index (χ1) is 12.0. The van der Waals surface area contributed by atoms with E-state index in [0.29, 0.717) is 0 Å². The maximum absolute atomic E-state index is 12.5. The van der Waals surface area contributed by atoms with Gasteiger partial charge in [-0.3, -0.25) is 9.59 Å². The second kappa shape index (κ2) is 6.74. The number of esters is 1. The molecule has 0 saturated heterocycles. The third-order valence-corrected chi connectivity index (χ3v) is 3.65. The van der Waals surface area contributed by atoms with Crippen LogP contribution in [0.5, 0.6) is 0 Å². The van der Waals surface area contributed by atoms with Crippen LogP contribution in [0.2, 0.25) is 0 Å². The average molecular weight is 342 g/mol. The lowest BCUT2D eigenvalue weighted by atomic mass is 9.88. The van der Waals surface area contributed by atoms with E-state index in [9.17, 15) is 19.5 Å². The minimum Gasteiger partial charge on any atom is -0.504 e. The van der Waals surface area contributed by atoms with Gasteiger partial charge in [-0.05, 0) is 6.07 Å². The van der Waals surface area contributed by atoms with Gasteiger partial charge in [0.15, 0.2) is 23.1 Å². The van der Waals surface area contributed by atoms with Crippen molar-refractivity contribution in [2.45, 2.75) is 6.42 Å². The highest BCUT2D eigenvalue weighted by Crippen LogP contribution is 2.31. The number of ether oxygens (including phenoxy) is 1. The SMILES string of the molecule is O=C(/C=C(\O)c1cc2c(o1)C(=O)c1ccccc1C2=O)OCCCO. The topological polar surface area (TPSA) is 114 Å². The van der Waals surface area contributed by atoms with E-state index in [-0.39, 0.29) is 47.8 Å². The molecule has 128 valence electrons. The van der Waals surface area contributed by atoms with E-state index in [2.05, 4.69) is 0 Å². The molecule has 0 saturated carbocycles. The van der Waals surface area contributed by atoms with E-state index in [1.807, 2.05) is 0 Å². The largest absolute Gasteiger partial charge is 0.504 e. The maximum atomic E-state index is 12.5. The van der Waals surface area contributed by atoms with E-state index in [1.165, 1.54) is 12.1 Å². The first-order valence-electron chi connectivity index (χ1n) is 7.54. The summed E-state index contributed by atoms with van der Waals surface area (Å²) in [5.41, 5.74) is 0.527. The van der Waals surface area contributed by atoms with Crippen LogP contribution >= 0.6 is 0 Å². The van der Waals surface area contributed by atoms with Gasteiger partial charge in [-0.2, -0.15) is 0 Å². The van der Waals surface area contributed by atoms with Crippen LogP contribution in [0.4, 0.5) is 0 Å². The zero-order valence-electron chi connectivity index (χ0n) is 13.0. The number of ketones is 2. The van der Waals surface area contributed by atoms with Gasteiger partial charge in [0.25, 0.3) is 0 Å². The fraction of sp³-hybridized carbons (Fsp3) is 0.167. The minimum absolute atomic E-state index is 0.0000490. The van der Waals surface area contributed by atoms with Gasteiger partial charge in [0.1, 0.15) is 0 Å². The molecule has 1 aromatic heterocycles. The number of furan rings is 1. The lowest BCUT2D eigenvalue weighted by molar-refractivity contribution is -0.138. The molecule has 1 heterocycles. The Labute approximate surface area is 142 Å². The van der Waals surface area contributed by atoms with Crippen LogP contribution in [0.25, 0.3) is 5.76 Å². The molecule has 3 rings (SSSR count). The smallest absolute Gasteiger partial charge is 0.334 e. The number of benzene rings is 1. The van der Waals surface area contributed by atoms with E-state index in [1.54, 1.807) is 18.2 Å². The molecule has 0 fully saturated rings. The van der Waals surface area contributed by atoms with Gasteiger partial charge in [0, 0.05) is 24.2 Å². The fourth-order valence-electron chi connectivity index (χ4n) is 2.46. The van der Waals surface area contributed by atoms with Crippen LogP contribution in [0, 0.1) is 0 Å². The summed E-state index contributed by atoms with van der Waals surface area (Å²) < 4.78 is 10.1. The summed E-state index contributed by atoms with van der Waals surface area (Å²) in [6.45, 7) is -0.126. The summed E-state index contributed by atoms with van der Waals surface area (Å²) >= 11 is 0.